The second-order valence-electron chi connectivity index (χ2n) is 5.59. The van der Waals surface area contributed by atoms with E-state index in [1.807, 2.05) is 0 Å². The summed E-state index contributed by atoms with van der Waals surface area (Å²) >= 11 is 0. The topological polar surface area (TPSA) is 15.3 Å². The Labute approximate surface area is 94.4 Å². The minimum atomic E-state index is 0.687. The lowest BCUT2D eigenvalue weighted by atomic mass is 9.91. The molecule has 2 nitrogen and oxygen atoms in total. The molecule has 5 atom stereocenters. The van der Waals surface area contributed by atoms with Crippen LogP contribution in [-0.4, -0.2) is 36.6 Å². The highest BCUT2D eigenvalue weighted by molar-refractivity contribution is 4.92. The number of hydrogen-bond donors (Lipinski definition) is 1. The zero-order valence-corrected chi connectivity index (χ0v) is 10.5. The van der Waals surface area contributed by atoms with Crippen LogP contribution >= 0.6 is 0 Å². The van der Waals surface area contributed by atoms with Crippen LogP contribution in [0, 0.1) is 11.8 Å². The van der Waals surface area contributed by atoms with E-state index in [1.54, 1.807) is 0 Å². The van der Waals surface area contributed by atoms with Gasteiger partial charge in [-0.15, -0.1) is 0 Å². The van der Waals surface area contributed by atoms with Gasteiger partial charge in [0.2, 0.25) is 0 Å². The molecule has 0 radical (unpaired) electrons. The number of nitrogens with one attached hydrogen (secondary N) is 1. The molecule has 2 saturated heterocycles. The molecule has 0 saturated carbocycles. The Morgan fingerprint density at radius 2 is 2.00 bits per heavy atom. The van der Waals surface area contributed by atoms with Gasteiger partial charge < -0.3 is 10.2 Å². The van der Waals surface area contributed by atoms with Crippen LogP contribution in [0.2, 0.25) is 0 Å². The fourth-order valence-corrected chi connectivity index (χ4v) is 3.03. The maximum Gasteiger partial charge on any atom is 0.0123 e. The summed E-state index contributed by atoms with van der Waals surface area (Å²) in [6, 6.07) is 1.49. The highest BCUT2D eigenvalue weighted by Crippen LogP contribution is 2.27. The molecule has 2 aliphatic heterocycles. The normalized spacial score (nSPS) is 39.0. The molecule has 0 aromatic heterocycles. The third-order valence-electron chi connectivity index (χ3n) is 4.61. The SMILES string of the molecule is CCC(C)C(C)NC1CCN2CCC1C2. The second-order valence-corrected chi connectivity index (χ2v) is 5.59. The predicted octanol–water partition coefficient (Wildman–Crippen LogP) is 2.10. The van der Waals surface area contributed by atoms with Crippen molar-refractivity contribution in [1.29, 1.82) is 0 Å². The summed E-state index contributed by atoms with van der Waals surface area (Å²) in [5.41, 5.74) is 0. The van der Waals surface area contributed by atoms with Crippen LogP contribution in [0.3, 0.4) is 0 Å². The van der Waals surface area contributed by atoms with Gasteiger partial charge in [0.1, 0.15) is 0 Å². The summed E-state index contributed by atoms with van der Waals surface area (Å²) in [4.78, 5) is 2.62. The standard InChI is InChI=1S/C13H26N2/c1-4-10(2)11(3)14-13-6-8-15-7-5-12(13)9-15/h10-14H,4-9H2,1-3H3. The lowest BCUT2D eigenvalue weighted by Crippen LogP contribution is -2.48. The van der Waals surface area contributed by atoms with Gasteiger partial charge in [-0.25, -0.2) is 0 Å². The lowest BCUT2D eigenvalue weighted by molar-refractivity contribution is 0.199. The quantitative estimate of drug-likeness (QED) is 0.764. The van der Waals surface area contributed by atoms with Gasteiger partial charge in [-0.2, -0.15) is 0 Å². The van der Waals surface area contributed by atoms with Gasteiger partial charge in [-0.3, -0.25) is 0 Å². The molecule has 0 aromatic carbocycles. The van der Waals surface area contributed by atoms with Crippen molar-refractivity contribution in [3.8, 4) is 0 Å². The zero-order chi connectivity index (χ0) is 10.8. The van der Waals surface area contributed by atoms with E-state index in [0.29, 0.717) is 6.04 Å². The molecule has 0 aromatic rings. The largest absolute Gasteiger partial charge is 0.311 e. The van der Waals surface area contributed by atoms with Crippen LogP contribution < -0.4 is 5.32 Å². The highest BCUT2D eigenvalue weighted by Gasteiger charge is 2.34. The van der Waals surface area contributed by atoms with E-state index in [-0.39, 0.29) is 0 Å². The van der Waals surface area contributed by atoms with E-state index in [4.69, 9.17) is 0 Å². The second kappa shape index (κ2) is 4.84. The van der Waals surface area contributed by atoms with Crippen LogP contribution in [-0.2, 0) is 0 Å². The predicted molar refractivity (Wildman–Crippen MR) is 65.0 cm³/mol. The molecule has 2 aliphatic rings. The summed E-state index contributed by atoms with van der Waals surface area (Å²) in [5, 5.41) is 3.87. The minimum absolute atomic E-state index is 0.687. The Morgan fingerprint density at radius 3 is 2.73 bits per heavy atom. The van der Waals surface area contributed by atoms with E-state index in [9.17, 15) is 0 Å². The van der Waals surface area contributed by atoms with Gasteiger partial charge in [0.25, 0.3) is 0 Å². The molecule has 88 valence electrons. The first-order valence-corrected chi connectivity index (χ1v) is 6.69. The van der Waals surface area contributed by atoms with Gasteiger partial charge >= 0.3 is 0 Å². The molecule has 0 spiro atoms. The Morgan fingerprint density at radius 1 is 1.27 bits per heavy atom. The van der Waals surface area contributed by atoms with Gasteiger partial charge in [0, 0.05) is 18.6 Å². The van der Waals surface area contributed by atoms with Crippen molar-refractivity contribution >= 4 is 0 Å². The highest BCUT2D eigenvalue weighted by atomic mass is 15.2. The number of fused-ring (bicyclic) bond motifs is 2. The molecule has 2 rings (SSSR count). The van der Waals surface area contributed by atoms with E-state index < -0.39 is 0 Å². The van der Waals surface area contributed by atoms with Crippen molar-refractivity contribution in [2.45, 2.75) is 52.1 Å². The van der Waals surface area contributed by atoms with Crippen LogP contribution in [0.1, 0.15) is 40.0 Å². The minimum Gasteiger partial charge on any atom is -0.311 e. The van der Waals surface area contributed by atoms with Crippen LogP contribution in [0.25, 0.3) is 0 Å². The molecule has 2 heterocycles. The third kappa shape index (κ3) is 2.54. The van der Waals surface area contributed by atoms with Crippen molar-refractivity contribution < 1.29 is 0 Å². The zero-order valence-electron chi connectivity index (χ0n) is 10.5. The molecule has 5 unspecified atom stereocenters. The molecule has 0 aliphatic carbocycles. The maximum absolute atomic E-state index is 3.87. The van der Waals surface area contributed by atoms with Crippen LogP contribution in [0.15, 0.2) is 0 Å². The molecule has 2 fully saturated rings. The van der Waals surface area contributed by atoms with Gasteiger partial charge in [-0.05, 0) is 44.7 Å². The number of nitrogens with zero attached hydrogens (tertiary/aromatic N) is 1. The van der Waals surface area contributed by atoms with E-state index in [0.717, 1.165) is 17.9 Å². The molecule has 0 amide bonds. The van der Waals surface area contributed by atoms with E-state index in [1.165, 1.54) is 38.9 Å². The lowest BCUT2D eigenvalue weighted by Gasteiger charge is -2.34. The van der Waals surface area contributed by atoms with Crippen molar-refractivity contribution in [2.75, 3.05) is 19.6 Å². The maximum atomic E-state index is 3.87. The summed E-state index contributed by atoms with van der Waals surface area (Å²) in [6.45, 7) is 11.0. The van der Waals surface area contributed by atoms with Crippen molar-refractivity contribution in [3.05, 3.63) is 0 Å². The third-order valence-corrected chi connectivity index (χ3v) is 4.61. The Bertz CT molecular complexity index is 205. The Balaban J connectivity index is 1.83. The van der Waals surface area contributed by atoms with E-state index >= 15 is 0 Å². The first-order chi connectivity index (χ1) is 7.20. The van der Waals surface area contributed by atoms with Gasteiger partial charge in [-0.1, -0.05) is 20.3 Å². The van der Waals surface area contributed by atoms with Crippen LogP contribution in [0.4, 0.5) is 0 Å². The number of rotatable bonds is 4. The average Bonchev–Trinajstić information content (AvgIpc) is 2.64. The summed E-state index contributed by atoms with van der Waals surface area (Å²) in [5.74, 6) is 1.75. The molecule has 15 heavy (non-hydrogen) atoms. The van der Waals surface area contributed by atoms with Crippen molar-refractivity contribution in [1.82, 2.24) is 10.2 Å². The summed E-state index contributed by atoms with van der Waals surface area (Å²) < 4.78 is 0. The molecular formula is C13H26N2. The Kier molecular flexibility index (Phi) is 3.68. The first kappa shape index (κ1) is 11.4. The molecule has 1 N–H and O–H groups in total. The smallest absolute Gasteiger partial charge is 0.0123 e. The Hall–Kier alpha value is -0.0800. The fraction of sp³-hybridized carbons (Fsp3) is 1.00. The number of piperidine rings is 1. The summed E-state index contributed by atoms with van der Waals surface area (Å²) in [7, 11) is 0. The van der Waals surface area contributed by atoms with E-state index in [2.05, 4.69) is 31.0 Å². The van der Waals surface area contributed by atoms with Gasteiger partial charge in [0.05, 0.1) is 0 Å². The molecular weight excluding hydrogens is 184 g/mol. The van der Waals surface area contributed by atoms with Gasteiger partial charge in [0.15, 0.2) is 0 Å². The fourth-order valence-electron chi connectivity index (χ4n) is 3.03. The first-order valence-electron chi connectivity index (χ1n) is 6.69. The van der Waals surface area contributed by atoms with Crippen molar-refractivity contribution in [3.63, 3.8) is 0 Å². The average molecular weight is 210 g/mol. The summed E-state index contributed by atoms with van der Waals surface area (Å²) in [6.07, 6.45) is 4.08. The monoisotopic (exact) mass is 210 g/mol. The number of hydrogen-bond acceptors (Lipinski definition) is 2. The molecule has 2 bridgehead atoms. The van der Waals surface area contributed by atoms with Crippen LogP contribution in [0.5, 0.6) is 0 Å². The van der Waals surface area contributed by atoms with Crippen molar-refractivity contribution in [2.24, 2.45) is 11.8 Å². The molecule has 2 heteroatoms.